The smallest absolute Gasteiger partial charge is 0.226 e. The van der Waals surface area contributed by atoms with Crippen LogP contribution in [0.1, 0.15) is 36.4 Å². The molecule has 0 saturated heterocycles. The lowest BCUT2D eigenvalue weighted by atomic mass is 9.85. The lowest BCUT2D eigenvalue weighted by molar-refractivity contribution is -0.116. The lowest BCUT2D eigenvalue weighted by Gasteiger charge is -2.32. The number of hydrogen-bond acceptors (Lipinski definition) is 8. The summed E-state index contributed by atoms with van der Waals surface area (Å²) >= 11 is 0. The summed E-state index contributed by atoms with van der Waals surface area (Å²) in [5.74, 6) is 3.60. The van der Waals surface area contributed by atoms with Crippen molar-refractivity contribution in [2.45, 2.75) is 31.9 Å². The van der Waals surface area contributed by atoms with Crippen LogP contribution in [0.15, 0.2) is 78.0 Å². The summed E-state index contributed by atoms with van der Waals surface area (Å²) in [5.41, 5.74) is 4.29. The minimum Gasteiger partial charge on any atom is -0.493 e. The van der Waals surface area contributed by atoms with Gasteiger partial charge in [0.15, 0.2) is 34.6 Å². The molecule has 6 rings (SSSR count). The Morgan fingerprint density at radius 2 is 1.62 bits per heavy atom. The van der Waals surface area contributed by atoms with E-state index in [1.807, 2.05) is 66.7 Å². The number of ketones is 1. The second kappa shape index (κ2) is 10.8. The molecule has 9 nitrogen and oxygen atoms in total. The third-order valence-corrected chi connectivity index (χ3v) is 7.25. The van der Waals surface area contributed by atoms with Crippen LogP contribution in [0, 0.1) is 0 Å². The van der Waals surface area contributed by atoms with Crippen molar-refractivity contribution in [1.82, 2.24) is 14.8 Å². The molecule has 204 valence electrons. The van der Waals surface area contributed by atoms with Gasteiger partial charge in [-0.2, -0.15) is 4.98 Å². The first-order chi connectivity index (χ1) is 19.6. The number of aromatic nitrogens is 3. The molecule has 1 N–H and O–H groups in total. The van der Waals surface area contributed by atoms with Gasteiger partial charge in [0.2, 0.25) is 5.95 Å². The van der Waals surface area contributed by atoms with Crippen LogP contribution in [0.5, 0.6) is 23.0 Å². The summed E-state index contributed by atoms with van der Waals surface area (Å²) in [6.45, 7) is 0.416. The predicted molar refractivity (Wildman–Crippen MR) is 150 cm³/mol. The number of Topliss-reactive ketones (excluding diaryl/α,β-unsaturated/α-hetero) is 1. The van der Waals surface area contributed by atoms with Crippen molar-refractivity contribution in [3.63, 3.8) is 0 Å². The average molecular weight is 539 g/mol. The quantitative estimate of drug-likeness (QED) is 0.311. The number of benzene rings is 3. The number of ether oxygens (including phenoxy) is 4. The van der Waals surface area contributed by atoms with Crippen LogP contribution in [0.3, 0.4) is 0 Å². The van der Waals surface area contributed by atoms with Crippen LogP contribution in [-0.4, -0.2) is 41.9 Å². The van der Waals surface area contributed by atoms with E-state index in [9.17, 15) is 4.79 Å². The van der Waals surface area contributed by atoms with E-state index in [4.69, 9.17) is 29.0 Å². The zero-order valence-electron chi connectivity index (χ0n) is 22.6. The SMILES string of the molecule is COc1ccc(-c2nc3n(n2)C(c2ccc(OCc4ccccc4)c(OC)c2)C2=C(CCCC2=O)N3)cc1OC. The molecular weight excluding hydrogens is 508 g/mol. The van der Waals surface area contributed by atoms with Gasteiger partial charge in [0, 0.05) is 23.3 Å². The number of allylic oxidation sites excluding steroid dienone is 2. The largest absolute Gasteiger partial charge is 0.493 e. The molecule has 4 aromatic rings. The molecule has 2 aliphatic rings. The van der Waals surface area contributed by atoms with Gasteiger partial charge in [0.25, 0.3) is 0 Å². The maximum Gasteiger partial charge on any atom is 0.226 e. The van der Waals surface area contributed by atoms with Gasteiger partial charge in [-0.3, -0.25) is 4.79 Å². The fraction of sp³-hybridized carbons (Fsp3) is 0.258. The van der Waals surface area contributed by atoms with E-state index in [0.29, 0.717) is 53.4 Å². The van der Waals surface area contributed by atoms with E-state index in [2.05, 4.69) is 5.32 Å². The second-order valence-corrected chi connectivity index (χ2v) is 9.65. The number of anilines is 1. The number of fused-ring (bicyclic) bond motifs is 1. The second-order valence-electron chi connectivity index (χ2n) is 9.65. The Morgan fingerprint density at radius 3 is 2.40 bits per heavy atom. The van der Waals surface area contributed by atoms with Gasteiger partial charge in [-0.1, -0.05) is 36.4 Å². The molecule has 1 unspecified atom stereocenters. The van der Waals surface area contributed by atoms with E-state index in [1.54, 1.807) is 26.0 Å². The first kappa shape index (κ1) is 25.5. The van der Waals surface area contributed by atoms with E-state index in [1.165, 1.54) is 0 Å². The highest BCUT2D eigenvalue weighted by atomic mass is 16.5. The Hall–Kier alpha value is -4.79. The molecule has 40 heavy (non-hydrogen) atoms. The topological polar surface area (TPSA) is 96.7 Å². The number of nitrogens with one attached hydrogen (secondary N) is 1. The van der Waals surface area contributed by atoms with Crippen LogP contribution in [0.25, 0.3) is 11.4 Å². The zero-order valence-corrected chi connectivity index (χ0v) is 22.6. The summed E-state index contributed by atoms with van der Waals surface area (Å²) in [5, 5.41) is 8.26. The molecule has 1 aliphatic heterocycles. The van der Waals surface area contributed by atoms with Crippen molar-refractivity contribution in [2.24, 2.45) is 0 Å². The summed E-state index contributed by atoms with van der Waals surface area (Å²) in [6.07, 6.45) is 2.06. The number of methoxy groups -OCH3 is 3. The predicted octanol–water partition coefficient (Wildman–Crippen LogP) is 5.57. The molecule has 1 atom stereocenters. The first-order valence-electron chi connectivity index (χ1n) is 13.2. The average Bonchev–Trinajstić information content (AvgIpc) is 3.43. The van der Waals surface area contributed by atoms with Gasteiger partial charge in [-0.05, 0) is 54.3 Å². The fourth-order valence-corrected chi connectivity index (χ4v) is 5.27. The van der Waals surface area contributed by atoms with Gasteiger partial charge in [-0.25, -0.2) is 4.68 Å². The van der Waals surface area contributed by atoms with Crippen LogP contribution in [0.2, 0.25) is 0 Å². The normalized spacial score (nSPS) is 16.1. The molecule has 9 heteroatoms. The Balaban J connectivity index is 1.40. The monoisotopic (exact) mass is 538 g/mol. The number of carbonyl (C=O) groups excluding carboxylic acids is 1. The molecule has 0 fully saturated rings. The molecule has 1 aromatic heterocycles. The third kappa shape index (κ3) is 4.64. The van der Waals surface area contributed by atoms with Crippen LogP contribution in [0.4, 0.5) is 5.95 Å². The van der Waals surface area contributed by atoms with Gasteiger partial charge in [0.1, 0.15) is 12.6 Å². The molecule has 0 radical (unpaired) electrons. The molecule has 3 aromatic carbocycles. The highest BCUT2D eigenvalue weighted by Gasteiger charge is 2.37. The van der Waals surface area contributed by atoms with Gasteiger partial charge in [-0.15, -0.1) is 5.10 Å². The maximum absolute atomic E-state index is 13.3. The summed E-state index contributed by atoms with van der Waals surface area (Å²) < 4.78 is 24.5. The van der Waals surface area contributed by atoms with Crippen molar-refractivity contribution in [3.05, 3.63) is 89.1 Å². The first-order valence-corrected chi connectivity index (χ1v) is 13.2. The molecular formula is C31H30N4O5. The lowest BCUT2D eigenvalue weighted by Crippen LogP contribution is -2.31. The highest BCUT2D eigenvalue weighted by molar-refractivity contribution is 5.99. The molecule has 0 bridgehead atoms. The molecule has 0 saturated carbocycles. The molecule has 0 spiro atoms. The van der Waals surface area contributed by atoms with Crippen molar-refractivity contribution in [1.29, 1.82) is 0 Å². The molecule has 2 heterocycles. The maximum atomic E-state index is 13.3. The van der Waals surface area contributed by atoms with E-state index in [-0.39, 0.29) is 5.78 Å². The summed E-state index contributed by atoms with van der Waals surface area (Å²) in [4.78, 5) is 18.1. The van der Waals surface area contributed by atoms with Crippen molar-refractivity contribution in [3.8, 4) is 34.4 Å². The standard InChI is InChI=1S/C31H30N4O5/c1-37-24-14-13-21(17-26(24)38-2)30-33-31-32-22-10-7-11-23(36)28(22)29(35(31)34-30)20-12-15-25(27(16-20)39-3)40-18-19-8-5-4-6-9-19/h4-6,8-9,12-17,29H,7,10-11,18H2,1-3H3,(H,32,33,34). The molecule has 1 aliphatic carbocycles. The van der Waals surface area contributed by atoms with Crippen molar-refractivity contribution >= 4 is 11.7 Å². The fourth-order valence-electron chi connectivity index (χ4n) is 5.27. The van der Waals surface area contributed by atoms with E-state index in [0.717, 1.165) is 35.2 Å². The minimum atomic E-state index is -0.461. The Labute approximate surface area is 232 Å². The van der Waals surface area contributed by atoms with Crippen molar-refractivity contribution in [2.75, 3.05) is 26.6 Å². The number of hydrogen-bond donors (Lipinski definition) is 1. The third-order valence-electron chi connectivity index (χ3n) is 7.25. The Bertz CT molecular complexity index is 1590. The van der Waals surface area contributed by atoms with Crippen molar-refractivity contribution < 1.29 is 23.7 Å². The number of nitrogens with zero attached hydrogens (tertiary/aromatic N) is 3. The number of rotatable bonds is 8. The van der Waals surface area contributed by atoms with Gasteiger partial charge < -0.3 is 24.3 Å². The van der Waals surface area contributed by atoms with Gasteiger partial charge >= 0.3 is 0 Å². The van der Waals surface area contributed by atoms with Crippen LogP contribution < -0.4 is 24.3 Å². The van der Waals surface area contributed by atoms with Crippen LogP contribution in [-0.2, 0) is 11.4 Å². The van der Waals surface area contributed by atoms with Gasteiger partial charge in [0.05, 0.1) is 21.3 Å². The highest BCUT2D eigenvalue weighted by Crippen LogP contribution is 2.43. The van der Waals surface area contributed by atoms with E-state index >= 15 is 0 Å². The summed E-state index contributed by atoms with van der Waals surface area (Å²) in [6, 6.07) is 20.8. The zero-order chi connectivity index (χ0) is 27.6. The minimum absolute atomic E-state index is 0.107. The number of carbonyl (C=O) groups is 1. The Morgan fingerprint density at radius 1 is 0.875 bits per heavy atom. The van der Waals surface area contributed by atoms with E-state index < -0.39 is 6.04 Å². The Kier molecular flexibility index (Phi) is 6.86. The molecule has 0 amide bonds. The van der Waals surface area contributed by atoms with Crippen LogP contribution >= 0.6 is 0 Å². The summed E-state index contributed by atoms with van der Waals surface area (Å²) in [7, 11) is 4.80.